The van der Waals surface area contributed by atoms with Crippen molar-refractivity contribution in [1.29, 1.82) is 0 Å². The van der Waals surface area contributed by atoms with Crippen molar-refractivity contribution < 1.29 is 8.42 Å². The number of hydrogen-bond donors (Lipinski definition) is 1. The van der Waals surface area contributed by atoms with Crippen LogP contribution in [0.5, 0.6) is 0 Å². The number of nitrogens with two attached hydrogens (primary N) is 1. The van der Waals surface area contributed by atoms with Crippen LogP contribution in [0.25, 0.3) is 0 Å². The highest BCUT2D eigenvalue weighted by Crippen LogP contribution is 2.29. The summed E-state index contributed by atoms with van der Waals surface area (Å²) in [6.45, 7) is 1.79. The quantitative estimate of drug-likeness (QED) is 0.929. The molecular formula is C11H15Cl2NO2S. The van der Waals surface area contributed by atoms with Gasteiger partial charge in [0.25, 0.3) is 0 Å². The summed E-state index contributed by atoms with van der Waals surface area (Å²) in [5, 5.41) is 0.256. The minimum Gasteiger partial charge on any atom is -0.323 e. The summed E-state index contributed by atoms with van der Waals surface area (Å²) in [5.41, 5.74) is 6.59. The third-order valence-corrected chi connectivity index (χ3v) is 4.96. The van der Waals surface area contributed by atoms with Crippen molar-refractivity contribution in [3.8, 4) is 0 Å². The van der Waals surface area contributed by atoms with Gasteiger partial charge in [-0.25, -0.2) is 8.42 Å². The lowest BCUT2D eigenvalue weighted by Gasteiger charge is -2.22. The number of rotatable bonds is 4. The van der Waals surface area contributed by atoms with Crippen molar-refractivity contribution in [3.05, 3.63) is 33.8 Å². The Morgan fingerprint density at radius 3 is 2.35 bits per heavy atom. The van der Waals surface area contributed by atoms with E-state index in [4.69, 9.17) is 28.9 Å². The number of halogens is 2. The zero-order valence-electron chi connectivity index (χ0n) is 9.65. The molecule has 1 aromatic carbocycles. The van der Waals surface area contributed by atoms with Gasteiger partial charge < -0.3 is 5.73 Å². The Morgan fingerprint density at radius 2 is 1.94 bits per heavy atom. The molecule has 96 valence electrons. The van der Waals surface area contributed by atoms with E-state index in [1.54, 1.807) is 25.1 Å². The van der Waals surface area contributed by atoms with E-state index in [1.165, 1.54) is 6.26 Å². The lowest BCUT2D eigenvalue weighted by molar-refractivity contribution is 0.553. The van der Waals surface area contributed by atoms with Crippen LogP contribution >= 0.6 is 23.2 Å². The number of benzene rings is 1. The normalized spacial score (nSPS) is 15.6. The highest BCUT2D eigenvalue weighted by atomic mass is 35.5. The molecule has 0 bridgehead atoms. The van der Waals surface area contributed by atoms with E-state index < -0.39 is 21.1 Å². The Hall–Kier alpha value is -0.290. The summed E-state index contributed by atoms with van der Waals surface area (Å²) in [6, 6.07) is 4.24. The van der Waals surface area contributed by atoms with Gasteiger partial charge in [-0.05, 0) is 24.1 Å². The maximum atomic E-state index is 11.6. The van der Waals surface area contributed by atoms with Gasteiger partial charge in [-0.1, -0.05) is 36.2 Å². The molecule has 0 saturated heterocycles. The van der Waals surface area contributed by atoms with E-state index in [1.807, 2.05) is 0 Å². The molecule has 1 aromatic rings. The Labute approximate surface area is 112 Å². The molecule has 0 amide bonds. The molecule has 17 heavy (non-hydrogen) atoms. The fourth-order valence-electron chi connectivity index (χ4n) is 1.80. The highest BCUT2D eigenvalue weighted by molar-refractivity contribution is 7.91. The average Bonchev–Trinajstić information content (AvgIpc) is 2.15. The topological polar surface area (TPSA) is 60.2 Å². The molecule has 0 heterocycles. The van der Waals surface area contributed by atoms with Gasteiger partial charge in [0, 0.05) is 22.3 Å². The third-order valence-electron chi connectivity index (χ3n) is 2.67. The minimum atomic E-state index is -3.21. The van der Waals surface area contributed by atoms with Crippen LogP contribution in [0.3, 0.4) is 0 Å². The molecule has 0 radical (unpaired) electrons. The van der Waals surface area contributed by atoms with Crippen molar-refractivity contribution in [2.45, 2.75) is 24.6 Å². The summed E-state index contributed by atoms with van der Waals surface area (Å²) in [6.07, 6.45) is 1.63. The van der Waals surface area contributed by atoms with Gasteiger partial charge >= 0.3 is 0 Å². The molecule has 0 aromatic heterocycles. The summed E-state index contributed by atoms with van der Waals surface area (Å²) in [4.78, 5) is 0. The summed E-state index contributed by atoms with van der Waals surface area (Å²) < 4.78 is 23.2. The zero-order chi connectivity index (χ0) is 13.2. The van der Waals surface area contributed by atoms with Gasteiger partial charge in [-0.3, -0.25) is 0 Å². The summed E-state index contributed by atoms with van der Waals surface area (Å²) >= 11 is 11.8. The van der Waals surface area contributed by atoms with E-state index in [0.29, 0.717) is 22.0 Å². The monoisotopic (exact) mass is 295 g/mol. The van der Waals surface area contributed by atoms with Gasteiger partial charge in [0.1, 0.15) is 0 Å². The molecular weight excluding hydrogens is 281 g/mol. The molecule has 0 aliphatic carbocycles. The Morgan fingerprint density at radius 1 is 1.35 bits per heavy atom. The number of sulfone groups is 1. The maximum absolute atomic E-state index is 11.6. The molecule has 0 spiro atoms. The first-order chi connectivity index (χ1) is 7.77. The second kappa shape index (κ2) is 5.57. The van der Waals surface area contributed by atoms with Crippen LogP contribution in [-0.2, 0) is 9.84 Å². The molecule has 2 atom stereocenters. The Balaban J connectivity index is 3.15. The largest absolute Gasteiger partial charge is 0.323 e. The maximum Gasteiger partial charge on any atom is 0.152 e. The lowest BCUT2D eigenvalue weighted by atomic mass is 10.0. The third kappa shape index (κ3) is 3.58. The van der Waals surface area contributed by atoms with Crippen molar-refractivity contribution in [2.75, 3.05) is 6.26 Å². The molecule has 0 aliphatic heterocycles. The van der Waals surface area contributed by atoms with Gasteiger partial charge in [-0.2, -0.15) is 0 Å². The van der Waals surface area contributed by atoms with Crippen LogP contribution in [0.15, 0.2) is 18.2 Å². The van der Waals surface area contributed by atoms with E-state index in [2.05, 4.69) is 0 Å². The van der Waals surface area contributed by atoms with Gasteiger partial charge in [0.15, 0.2) is 9.84 Å². The van der Waals surface area contributed by atoms with Crippen LogP contribution in [-0.4, -0.2) is 19.9 Å². The van der Waals surface area contributed by atoms with E-state index in [0.717, 1.165) is 0 Å². The molecule has 0 unspecified atom stereocenters. The molecule has 3 nitrogen and oxygen atoms in total. The van der Waals surface area contributed by atoms with E-state index in [9.17, 15) is 8.42 Å². The molecule has 2 N–H and O–H groups in total. The van der Waals surface area contributed by atoms with Crippen LogP contribution in [0.1, 0.15) is 24.9 Å². The second-order valence-electron chi connectivity index (χ2n) is 3.97. The second-order valence-corrected chi connectivity index (χ2v) is 7.08. The van der Waals surface area contributed by atoms with Crippen molar-refractivity contribution in [3.63, 3.8) is 0 Å². The van der Waals surface area contributed by atoms with Gasteiger partial charge in [0.2, 0.25) is 0 Å². The van der Waals surface area contributed by atoms with Crippen molar-refractivity contribution in [2.24, 2.45) is 5.73 Å². The molecule has 6 heteroatoms. The first-order valence-electron chi connectivity index (χ1n) is 5.16. The minimum absolute atomic E-state index is 0.395. The van der Waals surface area contributed by atoms with Crippen LogP contribution in [0.2, 0.25) is 10.0 Å². The standard InChI is InChI=1S/C11H15Cl2NO2S/c1-3-10(17(2,15)16)11(14)8-5-4-7(12)6-9(8)13/h4-6,10-11H,3,14H2,1-2H3/t10-,11-/m0/s1. The molecule has 0 saturated carbocycles. The molecule has 1 rings (SSSR count). The summed E-state index contributed by atoms with van der Waals surface area (Å²) in [5.74, 6) is 0. The fraction of sp³-hybridized carbons (Fsp3) is 0.455. The van der Waals surface area contributed by atoms with Crippen molar-refractivity contribution in [1.82, 2.24) is 0 Å². The lowest BCUT2D eigenvalue weighted by Crippen LogP contribution is -2.32. The fourth-order valence-corrected chi connectivity index (χ4v) is 3.61. The van der Waals surface area contributed by atoms with E-state index >= 15 is 0 Å². The average molecular weight is 296 g/mol. The predicted octanol–water partition coefficient (Wildman–Crippen LogP) is 2.82. The highest BCUT2D eigenvalue weighted by Gasteiger charge is 2.28. The Kier molecular flexibility index (Phi) is 4.84. The smallest absolute Gasteiger partial charge is 0.152 e. The molecule has 0 fully saturated rings. The number of hydrogen-bond acceptors (Lipinski definition) is 3. The van der Waals surface area contributed by atoms with Crippen LogP contribution in [0.4, 0.5) is 0 Å². The Bertz CT molecular complexity index is 502. The zero-order valence-corrected chi connectivity index (χ0v) is 12.0. The van der Waals surface area contributed by atoms with Crippen molar-refractivity contribution >= 4 is 33.0 Å². The van der Waals surface area contributed by atoms with Gasteiger partial charge in [-0.15, -0.1) is 0 Å². The first-order valence-corrected chi connectivity index (χ1v) is 7.87. The SMILES string of the molecule is CC[C@@H]([C@@H](N)c1ccc(Cl)cc1Cl)S(C)(=O)=O. The van der Waals surface area contributed by atoms with Crippen LogP contribution < -0.4 is 5.73 Å². The van der Waals surface area contributed by atoms with Crippen LogP contribution in [0, 0.1) is 0 Å². The predicted molar refractivity (Wildman–Crippen MR) is 72.3 cm³/mol. The first kappa shape index (κ1) is 14.8. The molecule has 0 aliphatic rings. The summed E-state index contributed by atoms with van der Waals surface area (Å²) in [7, 11) is -3.21. The van der Waals surface area contributed by atoms with Gasteiger partial charge in [0.05, 0.1) is 5.25 Å². The van der Waals surface area contributed by atoms with E-state index in [-0.39, 0.29) is 0 Å².